The van der Waals surface area contributed by atoms with Crippen molar-refractivity contribution in [3.05, 3.63) is 30.1 Å². The maximum Gasteiger partial charge on any atom is 0.304 e. The predicted molar refractivity (Wildman–Crippen MR) is 88.3 cm³/mol. The van der Waals surface area contributed by atoms with E-state index in [4.69, 9.17) is 18.9 Å². The van der Waals surface area contributed by atoms with E-state index < -0.39 is 42.4 Å². The van der Waals surface area contributed by atoms with Crippen LogP contribution in [0.25, 0.3) is 0 Å². The molecular formula is C18H22NO8+. The topological polar surface area (TPSA) is 109 Å². The first-order chi connectivity index (χ1) is 12.7. The minimum Gasteiger partial charge on any atom is -0.463 e. The highest BCUT2D eigenvalue weighted by atomic mass is 16.7. The summed E-state index contributed by atoms with van der Waals surface area (Å²) in [6.07, 6.45) is -0.517. The molecule has 0 aromatic carbocycles. The van der Waals surface area contributed by atoms with Crippen molar-refractivity contribution in [3.63, 3.8) is 0 Å². The number of carbonyl (C=O) groups is 4. The van der Waals surface area contributed by atoms with Gasteiger partial charge in [-0.3, -0.25) is 19.2 Å². The molecule has 0 radical (unpaired) electrons. The molecule has 1 saturated heterocycles. The Morgan fingerprint density at radius 1 is 1.00 bits per heavy atom. The van der Waals surface area contributed by atoms with Crippen LogP contribution in [0.5, 0.6) is 0 Å². The first-order valence-electron chi connectivity index (χ1n) is 8.34. The number of rotatable bonds is 6. The molecule has 0 aliphatic carbocycles. The van der Waals surface area contributed by atoms with Crippen LogP contribution in [-0.2, 0) is 33.3 Å². The SMILES string of the molecule is CC(=O)OC[C@H]1O[C@@H]([n+]2cccc(C(C)=O)c2)[C@@H](OC(C)=O)C1OC(C)=O. The monoisotopic (exact) mass is 380 g/mol. The second kappa shape index (κ2) is 8.72. The maximum atomic E-state index is 11.7. The van der Waals surface area contributed by atoms with E-state index in [0.717, 1.165) is 0 Å². The largest absolute Gasteiger partial charge is 0.463 e. The van der Waals surface area contributed by atoms with E-state index in [1.54, 1.807) is 29.1 Å². The molecule has 2 heterocycles. The molecule has 0 bridgehead atoms. The van der Waals surface area contributed by atoms with Crippen LogP contribution in [0.4, 0.5) is 0 Å². The lowest BCUT2D eigenvalue weighted by Crippen LogP contribution is -2.48. The number of nitrogens with zero attached hydrogens (tertiary/aromatic N) is 1. The summed E-state index contributed by atoms with van der Waals surface area (Å²) in [7, 11) is 0. The minimum absolute atomic E-state index is 0.153. The number of ether oxygens (including phenoxy) is 4. The zero-order chi connectivity index (χ0) is 20.1. The van der Waals surface area contributed by atoms with Gasteiger partial charge in [-0.25, -0.2) is 0 Å². The molecule has 9 nitrogen and oxygen atoms in total. The van der Waals surface area contributed by atoms with E-state index in [0.29, 0.717) is 5.56 Å². The number of ketones is 1. The van der Waals surface area contributed by atoms with Gasteiger partial charge in [0.05, 0.1) is 5.56 Å². The summed E-state index contributed by atoms with van der Waals surface area (Å²) in [5.74, 6) is -1.88. The third kappa shape index (κ3) is 5.33. The van der Waals surface area contributed by atoms with Gasteiger partial charge in [0.15, 0.2) is 24.3 Å². The Labute approximate surface area is 156 Å². The molecule has 1 fully saturated rings. The molecule has 9 heteroatoms. The van der Waals surface area contributed by atoms with E-state index >= 15 is 0 Å². The van der Waals surface area contributed by atoms with Gasteiger partial charge in [0.2, 0.25) is 6.10 Å². The molecule has 1 unspecified atom stereocenters. The van der Waals surface area contributed by atoms with E-state index in [1.165, 1.54) is 27.7 Å². The third-order valence-electron chi connectivity index (χ3n) is 3.86. The molecule has 1 aliphatic rings. The lowest BCUT2D eigenvalue weighted by Gasteiger charge is -2.21. The Kier molecular flexibility index (Phi) is 6.62. The molecular weight excluding hydrogens is 358 g/mol. The van der Waals surface area contributed by atoms with Crippen molar-refractivity contribution in [2.24, 2.45) is 0 Å². The van der Waals surface area contributed by atoms with Crippen molar-refractivity contribution < 1.29 is 42.7 Å². The van der Waals surface area contributed by atoms with Gasteiger partial charge >= 0.3 is 24.1 Å². The fraction of sp³-hybridized carbons (Fsp3) is 0.500. The summed E-state index contributed by atoms with van der Waals surface area (Å²) < 4.78 is 23.0. The van der Waals surface area contributed by atoms with Crippen LogP contribution in [0, 0.1) is 0 Å². The maximum absolute atomic E-state index is 11.7. The van der Waals surface area contributed by atoms with Gasteiger partial charge in [0.25, 0.3) is 0 Å². The van der Waals surface area contributed by atoms with E-state index in [1.807, 2.05) is 0 Å². The standard InChI is InChI=1S/C18H22NO8/c1-10(20)14-6-5-7-19(8-14)18-17(26-13(4)23)16(25-12(3)22)15(27-18)9-24-11(2)21/h5-8,15-18H,9H2,1-4H3/q+1/t15-,16?,17+,18-/m1/s1. The van der Waals surface area contributed by atoms with Crippen molar-refractivity contribution >= 4 is 23.7 Å². The normalized spacial score (nSPS) is 24.1. The van der Waals surface area contributed by atoms with Crippen molar-refractivity contribution in [1.82, 2.24) is 0 Å². The van der Waals surface area contributed by atoms with Crippen LogP contribution < -0.4 is 4.57 Å². The van der Waals surface area contributed by atoms with Gasteiger partial charge in [-0.2, -0.15) is 4.57 Å². The molecule has 0 spiro atoms. The van der Waals surface area contributed by atoms with E-state index in [2.05, 4.69) is 0 Å². The van der Waals surface area contributed by atoms with Gasteiger partial charge in [-0.05, 0) is 13.0 Å². The smallest absolute Gasteiger partial charge is 0.304 e. The summed E-state index contributed by atoms with van der Waals surface area (Å²) in [4.78, 5) is 45.9. The Balaban J connectivity index is 2.39. The highest BCUT2D eigenvalue weighted by molar-refractivity contribution is 5.93. The Bertz CT molecular complexity index is 747. The first kappa shape index (κ1) is 20.5. The van der Waals surface area contributed by atoms with Crippen LogP contribution in [-0.4, -0.2) is 48.6 Å². The van der Waals surface area contributed by atoms with Crippen molar-refractivity contribution in [2.75, 3.05) is 6.61 Å². The molecule has 1 aromatic heterocycles. The molecule has 0 N–H and O–H groups in total. The van der Waals surface area contributed by atoms with Gasteiger partial charge < -0.3 is 18.9 Å². The number of esters is 3. The van der Waals surface area contributed by atoms with Gasteiger partial charge in [-0.1, -0.05) is 0 Å². The van der Waals surface area contributed by atoms with Crippen LogP contribution >= 0.6 is 0 Å². The van der Waals surface area contributed by atoms with Crippen LogP contribution in [0.1, 0.15) is 44.3 Å². The van der Waals surface area contributed by atoms with Crippen molar-refractivity contribution in [1.29, 1.82) is 0 Å². The first-order valence-corrected chi connectivity index (χ1v) is 8.34. The second-order valence-electron chi connectivity index (χ2n) is 6.11. The van der Waals surface area contributed by atoms with Gasteiger partial charge in [0.1, 0.15) is 12.7 Å². The molecule has 1 aliphatic heterocycles. The third-order valence-corrected chi connectivity index (χ3v) is 3.86. The summed E-state index contributed by atoms with van der Waals surface area (Å²) >= 11 is 0. The quantitative estimate of drug-likeness (QED) is 0.304. The zero-order valence-corrected chi connectivity index (χ0v) is 15.5. The molecule has 146 valence electrons. The van der Waals surface area contributed by atoms with Crippen LogP contribution in [0.3, 0.4) is 0 Å². The highest BCUT2D eigenvalue weighted by Gasteiger charge is 2.54. The molecule has 27 heavy (non-hydrogen) atoms. The minimum atomic E-state index is -0.987. The molecule has 2 rings (SSSR count). The highest BCUT2D eigenvalue weighted by Crippen LogP contribution is 2.31. The lowest BCUT2D eigenvalue weighted by atomic mass is 10.1. The van der Waals surface area contributed by atoms with Crippen molar-refractivity contribution in [3.8, 4) is 0 Å². The number of pyridine rings is 1. The Morgan fingerprint density at radius 2 is 1.63 bits per heavy atom. The number of hydrogen-bond donors (Lipinski definition) is 0. The number of aromatic nitrogens is 1. The van der Waals surface area contributed by atoms with Crippen LogP contribution in [0.2, 0.25) is 0 Å². The second-order valence-corrected chi connectivity index (χ2v) is 6.11. The average Bonchev–Trinajstić information content (AvgIpc) is 2.89. The number of Topliss-reactive ketones (excluding diaryl/α,β-unsaturated/α-hetero) is 1. The zero-order valence-electron chi connectivity index (χ0n) is 15.5. The fourth-order valence-corrected chi connectivity index (χ4v) is 2.79. The summed E-state index contributed by atoms with van der Waals surface area (Å²) in [6, 6.07) is 3.28. The molecule has 0 amide bonds. The summed E-state index contributed by atoms with van der Waals surface area (Å²) in [6.45, 7) is 4.91. The van der Waals surface area contributed by atoms with Crippen molar-refractivity contribution in [2.45, 2.75) is 52.2 Å². The molecule has 4 atom stereocenters. The predicted octanol–water partition coefficient (Wildman–Crippen LogP) is 0.501. The van der Waals surface area contributed by atoms with Gasteiger partial charge in [-0.15, -0.1) is 0 Å². The van der Waals surface area contributed by atoms with E-state index in [9.17, 15) is 19.2 Å². The number of carbonyl (C=O) groups excluding carboxylic acids is 4. The summed E-state index contributed by atoms with van der Waals surface area (Å²) in [5.41, 5.74) is 0.426. The fourth-order valence-electron chi connectivity index (χ4n) is 2.79. The summed E-state index contributed by atoms with van der Waals surface area (Å²) in [5, 5.41) is 0. The van der Waals surface area contributed by atoms with Crippen LogP contribution in [0.15, 0.2) is 24.5 Å². The Hall–Kier alpha value is -2.81. The number of hydrogen-bond acceptors (Lipinski definition) is 8. The average molecular weight is 380 g/mol. The Morgan fingerprint density at radius 3 is 2.19 bits per heavy atom. The van der Waals surface area contributed by atoms with E-state index in [-0.39, 0.29) is 12.4 Å². The van der Waals surface area contributed by atoms with Gasteiger partial charge in [0, 0.05) is 26.8 Å². The molecule has 0 saturated carbocycles. The lowest BCUT2D eigenvalue weighted by molar-refractivity contribution is -0.765. The molecule has 1 aromatic rings.